The number of aromatic nitrogens is 2. The van der Waals surface area contributed by atoms with Crippen LogP contribution in [0.2, 0.25) is 10.0 Å². The molecule has 0 aliphatic rings. The van der Waals surface area contributed by atoms with Gasteiger partial charge in [-0.15, -0.1) is 0 Å². The van der Waals surface area contributed by atoms with Crippen molar-refractivity contribution < 1.29 is 9.53 Å². The number of benzene rings is 2. The summed E-state index contributed by atoms with van der Waals surface area (Å²) in [5.74, 6) is 0.829. The molecule has 0 unspecified atom stereocenters. The Morgan fingerprint density at radius 3 is 2.62 bits per heavy atom. The van der Waals surface area contributed by atoms with Gasteiger partial charge in [0, 0.05) is 21.8 Å². The normalized spacial score (nSPS) is 10.9. The van der Waals surface area contributed by atoms with Crippen LogP contribution in [0, 0.1) is 6.92 Å². The van der Waals surface area contributed by atoms with Crippen LogP contribution >= 0.6 is 23.2 Å². The molecule has 4 aromatic rings. The number of nitrogens with zero attached hydrogens (tertiary/aromatic N) is 2. The van der Waals surface area contributed by atoms with Gasteiger partial charge in [-0.2, -0.15) is 0 Å². The zero-order chi connectivity index (χ0) is 20.4. The van der Waals surface area contributed by atoms with Gasteiger partial charge in [-0.1, -0.05) is 41.4 Å². The minimum absolute atomic E-state index is 0.143. The number of rotatable bonds is 5. The van der Waals surface area contributed by atoms with Gasteiger partial charge in [-0.3, -0.25) is 9.20 Å². The van der Waals surface area contributed by atoms with Gasteiger partial charge in [-0.05, 0) is 55.0 Å². The molecular weight excluding hydrogens is 409 g/mol. The first-order valence-corrected chi connectivity index (χ1v) is 9.68. The summed E-state index contributed by atoms with van der Waals surface area (Å²) in [4.78, 5) is 17.3. The molecule has 29 heavy (non-hydrogen) atoms. The summed E-state index contributed by atoms with van der Waals surface area (Å²) in [6.07, 6.45) is 1.92. The lowest BCUT2D eigenvalue weighted by Crippen LogP contribution is -2.21. The highest BCUT2D eigenvalue weighted by Gasteiger charge is 2.17. The van der Waals surface area contributed by atoms with Crippen molar-refractivity contribution in [1.82, 2.24) is 9.38 Å². The van der Waals surface area contributed by atoms with E-state index in [-0.39, 0.29) is 12.5 Å². The topological polar surface area (TPSA) is 55.6 Å². The number of fused-ring (bicyclic) bond motifs is 1. The maximum atomic E-state index is 12.6. The third-order valence-electron chi connectivity index (χ3n) is 4.31. The summed E-state index contributed by atoms with van der Waals surface area (Å²) in [5.41, 5.74) is 3.21. The van der Waals surface area contributed by atoms with Crippen molar-refractivity contribution in [2.75, 3.05) is 11.9 Å². The lowest BCUT2D eigenvalue weighted by Gasteiger charge is -2.10. The SMILES string of the molecule is Cc1ccc2nc(-c3cccc(Cl)c3)c(NC(=O)COc3ccc(Cl)cc3)n2c1. The number of aryl methyl sites for hydroxylation is 1. The molecule has 2 heterocycles. The molecule has 1 N–H and O–H groups in total. The van der Waals surface area contributed by atoms with Crippen LogP contribution in [-0.2, 0) is 4.79 Å². The number of imidazole rings is 1. The number of pyridine rings is 1. The van der Waals surface area contributed by atoms with Crippen molar-refractivity contribution >= 4 is 40.6 Å². The van der Waals surface area contributed by atoms with Gasteiger partial charge < -0.3 is 10.1 Å². The first-order chi connectivity index (χ1) is 14.0. The van der Waals surface area contributed by atoms with Crippen LogP contribution in [0.25, 0.3) is 16.9 Å². The van der Waals surface area contributed by atoms with Crippen LogP contribution in [0.4, 0.5) is 5.82 Å². The van der Waals surface area contributed by atoms with E-state index in [4.69, 9.17) is 27.9 Å². The highest BCUT2D eigenvalue weighted by molar-refractivity contribution is 6.31. The van der Waals surface area contributed by atoms with Crippen molar-refractivity contribution in [1.29, 1.82) is 0 Å². The Bertz CT molecular complexity index is 1190. The molecule has 4 rings (SSSR count). The fraction of sp³-hybridized carbons (Fsp3) is 0.0909. The second-order valence-electron chi connectivity index (χ2n) is 6.54. The summed E-state index contributed by atoms with van der Waals surface area (Å²) in [6, 6.07) is 18.1. The highest BCUT2D eigenvalue weighted by Crippen LogP contribution is 2.30. The number of amides is 1. The zero-order valence-electron chi connectivity index (χ0n) is 15.5. The number of carbonyl (C=O) groups excluding carboxylic acids is 1. The maximum absolute atomic E-state index is 12.6. The van der Waals surface area contributed by atoms with Gasteiger partial charge in [0.15, 0.2) is 6.61 Å². The van der Waals surface area contributed by atoms with Gasteiger partial charge >= 0.3 is 0 Å². The van der Waals surface area contributed by atoms with Crippen LogP contribution in [0.1, 0.15) is 5.56 Å². The molecule has 146 valence electrons. The second kappa shape index (κ2) is 8.15. The average molecular weight is 426 g/mol. The van der Waals surface area contributed by atoms with Gasteiger partial charge in [0.05, 0.1) is 0 Å². The van der Waals surface area contributed by atoms with Gasteiger partial charge in [0.2, 0.25) is 0 Å². The predicted molar refractivity (Wildman–Crippen MR) is 116 cm³/mol. The van der Waals surface area contributed by atoms with Crippen molar-refractivity contribution in [2.24, 2.45) is 0 Å². The lowest BCUT2D eigenvalue weighted by atomic mass is 10.1. The zero-order valence-corrected chi connectivity index (χ0v) is 17.0. The van der Waals surface area contributed by atoms with Crippen LogP contribution in [0.5, 0.6) is 5.75 Å². The molecule has 7 heteroatoms. The Balaban J connectivity index is 1.64. The van der Waals surface area contributed by atoms with E-state index in [1.54, 1.807) is 30.3 Å². The molecule has 2 aromatic heterocycles. The van der Waals surface area contributed by atoms with Crippen molar-refractivity contribution in [3.8, 4) is 17.0 Å². The largest absolute Gasteiger partial charge is 0.484 e. The Hall–Kier alpha value is -3.02. The van der Waals surface area contributed by atoms with Crippen molar-refractivity contribution in [2.45, 2.75) is 6.92 Å². The molecule has 5 nitrogen and oxygen atoms in total. The van der Waals surface area contributed by atoms with E-state index in [0.717, 1.165) is 16.8 Å². The fourth-order valence-electron chi connectivity index (χ4n) is 2.96. The van der Waals surface area contributed by atoms with Gasteiger partial charge in [0.25, 0.3) is 5.91 Å². The third kappa shape index (κ3) is 4.36. The summed E-state index contributed by atoms with van der Waals surface area (Å²) >= 11 is 12.0. The van der Waals surface area contributed by atoms with Crippen LogP contribution in [0.3, 0.4) is 0 Å². The van der Waals surface area contributed by atoms with Crippen LogP contribution < -0.4 is 10.1 Å². The summed E-state index contributed by atoms with van der Waals surface area (Å²) in [5, 5.41) is 4.13. The molecule has 0 saturated carbocycles. The lowest BCUT2D eigenvalue weighted by molar-refractivity contribution is -0.118. The number of hydrogen-bond donors (Lipinski definition) is 1. The fourth-order valence-corrected chi connectivity index (χ4v) is 3.27. The molecule has 0 atom stereocenters. The minimum atomic E-state index is -0.300. The number of carbonyl (C=O) groups is 1. The van der Waals surface area contributed by atoms with E-state index in [1.807, 2.05) is 47.9 Å². The number of halogens is 2. The van der Waals surface area contributed by atoms with E-state index in [2.05, 4.69) is 10.3 Å². The van der Waals surface area contributed by atoms with E-state index in [9.17, 15) is 4.79 Å². The molecule has 0 saturated heterocycles. The first kappa shape index (κ1) is 19.3. The van der Waals surface area contributed by atoms with Crippen LogP contribution in [0.15, 0.2) is 66.9 Å². The molecule has 2 aromatic carbocycles. The molecule has 0 bridgehead atoms. The monoisotopic (exact) mass is 425 g/mol. The van der Waals surface area contributed by atoms with E-state index in [1.165, 1.54) is 0 Å². The summed E-state index contributed by atoms with van der Waals surface area (Å²) in [6.45, 7) is 1.84. The highest BCUT2D eigenvalue weighted by atomic mass is 35.5. The Morgan fingerprint density at radius 2 is 1.86 bits per heavy atom. The smallest absolute Gasteiger partial charge is 0.263 e. The molecular formula is C22H17Cl2N3O2. The number of hydrogen-bond acceptors (Lipinski definition) is 3. The molecule has 0 spiro atoms. The second-order valence-corrected chi connectivity index (χ2v) is 7.42. The average Bonchev–Trinajstić information content (AvgIpc) is 3.05. The molecule has 1 amide bonds. The Labute approximate surface area is 177 Å². The third-order valence-corrected chi connectivity index (χ3v) is 4.79. The predicted octanol–water partition coefficient (Wildman–Crippen LogP) is 5.63. The number of anilines is 1. The van der Waals surface area contributed by atoms with Crippen molar-refractivity contribution in [3.63, 3.8) is 0 Å². The minimum Gasteiger partial charge on any atom is -0.484 e. The van der Waals surface area contributed by atoms with E-state index < -0.39 is 0 Å². The molecule has 0 fully saturated rings. The number of nitrogens with one attached hydrogen (secondary N) is 1. The van der Waals surface area contributed by atoms with Crippen LogP contribution in [-0.4, -0.2) is 21.9 Å². The maximum Gasteiger partial charge on any atom is 0.263 e. The van der Waals surface area contributed by atoms with E-state index >= 15 is 0 Å². The molecule has 0 aliphatic heterocycles. The standard InChI is InChI=1S/C22H17Cl2N3O2/c1-14-5-10-19-25-21(15-3-2-4-17(24)11-15)22(27(19)12-14)26-20(28)13-29-18-8-6-16(23)7-9-18/h2-12H,13H2,1H3,(H,26,28). The van der Waals surface area contributed by atoms with Crippen molar-refractivity contribution in [3.05, 3.63) is 82.5 Å². The quantitative estimate of drug-likeness (QED) is 0.450. The molecule has 0 aliphatic carbocycles. The summed E-state index contributed by atoms with van der Waals surface area (Å²) in [7, 11) is 0. The molecule has 0 radical (unpaired) electrons. The summed E-state index contributed by atoms with van der Waals surface area (Å²) < 4.78 is 7.40. The first-order valence-electron chi connectivity index (χ1n) is 8.92. The van der Waals surface area contributed by atoms with Gasteiger partial charge in [0.1, 0.15) is 22.9 Å². The van der Waals surface area contributed by atoms with E-state index in [0.29, 0.717) is 27.3 Å². The number of ether oxygens (including phenoxy) is 1. The van der Waals surface area contributed by atoms with Gasteiger partial charge in [-0.25, -0.2) is 4.98 Å². The Morgan fingerprint density at radius 1 is 1.07 bits per heavy atom. The Kier molecular flexibility index (Phi) is 5.43.